The van der Waals surface area contributed by atoms with E-state index in [0.717, 1.165) is 18.4 Å². The minimum atomic E-state index is -0.343. The smallest absolute Gasteiger partial charge is 0.190 e. The van der Waals surface area contributed by atoms with Gasteiger partial charge in [0.05, 0.1) is 12.7 Å². The van der Waals surface area contributed by atoms with Gasteiger partial charge in [-0.1, -0.05) is 17.2 Å². The Kier molecular flexibility index (Phi) is 6.57. The monoisotopic (exact) mass is 302 g/mol. The molecule has 0 aliphatic rings. The maximum absolute atomic E-state index is 12.4. The van der Waals surface area contributed by atoms with Gasteiger partial charge in [-0.05, 0) is 51.8 Å². The third-order valence-corrected chi connectivity index (χ3v) is 3.22. The SMILES string of the molecule is COc1c(O)ccc(C=O)c1C(=O)/C=C(\C)CCC=C(C)C. The average molecular weight is 302 g/mol. The molecule has 0 atom stereocenters. The maximum atomic E-state index is 12.4. The van der Waals surface area contributed by atoms with E-state index in [1.807, 2.05) is 20.8 Å². The summed E-state index contributed by atoms with van der Waals surface area (Å²) in [5.74, 6) is -0.473. The van der Waals surface area contributed by atoms with Crippen LogP contribution < -0.4 is 4.74 Å². The van der Waals surface area contributed by atoms with E-state index in [1.165, 1.54) is 30.9 Å². The van der Waals surface area contributed by atoms with Crippen LogP contribution in [0.3, 0.4) is 0 Å². The topological polar surface area (TPSA) is 63.6 Å². The second-order valence-electron chi connectivity index (χ2n) is 5.38. The number of carbonyl (C=O) groups excluding carboxylic acids is 2. The molecule has 0 spiro atoms. The van der Waals surface area contributed by atoms with Gasteiger partial charge in [0.25, 0.3) is 0 Å². The molecule has 4 nitrogen and oxygen atoms in total. The van der Waals surface area contributed by atoms with Crippen molar-refractivity contribution in [2.75, 3.05) is 7.11 Å². The van der Waals surface area contributed by atoms with Crippen molar-refractivity contribution in [3.8, 4) is 11.5 Å². The van der Waals surface area contributed by atoms with Gasteiger partial charge < -0.3 is 9.84 Å². The van der Waals surface area contributed by atoms with Crippen molar-refractivity contribution in [3.63, 3.8) is 0 Å². The molecule has 0 aromatic heterocycles. The van der Waals surface area contributed by atoms with Crippen molar-refractivity contribution >= 4 is 12.1 Å². The first-order chi connectivity index (χ1) is 10.4. The fraction of sp³-hybridized carbons (Fsp3) is 0.333. The molecule has 0 heterocycles. The van der Waals surface area contributed by atoms with Crippen LogP contribution in [0.4, 0.5) is 0 Å². The Labute approximate surface area is 131 Å². The lowest BCUT2D eigenvalue weighted by molar-refractivity contribution is 0.103. The van der Waals surface area contributed by atoms with E-state index in [-0.39, 0.29) is 28.4 Å². The Morgan fingerprint density at radius 3 is 2.50 bits per heavy atom. The summed E-state index contributed by atoms with van der Waals surface area (Å²) in [6.45, 7) is 5.92. The molecule has 1 aromatic carbocycles. The fourth-order valence-electron chi connectivity index (χ4n) is 2.10. The highest BCUT2D eigenvalue weighted by Crippen LogP contribution is 2.32. The number of hydrogen-bond acceptors (Lipinski definition) is 4. The molecule has 0 aliphatic carbocycles. The van der Waals surface area contributed by atoms with Crippen LogP contribution in [0.25, 0.3) is 0 Å². The summed E-state index contributed by atoms with van der Waals surface area (Å²) in [6, 6.07) is 2.75. The quantitative estimate of drug-likeness (QED) is 0.356. The van der Waals surface area contributed by atoms with Gasteiger partial charge in [-0.25, -0.2) is 0 Å². The zero-order valence-electron chi connectivity index (χ0n) is 13.5. The summed E-state index contributed by atoms with van der Waals surface area (Å²) in [4.78, 5) is 23.5. The standard InChI is InChI=1S/C18H22O4/c1-12(2)6-5-7-13(3)10-16(21)17-14(11-19)8-9-15(20)18(17)22-4/h6,8-11,20H,5,7H2,1-4H3/b13-10+. The Morgan fingerprint density at radius 2 is 1.95 bits per heavy atom. The molecular formula is C18H22O4. The van der Waals surface area contributed by atoms with Gasteiger partial charge >= 0.3 is 0 Å². The largest absolute Gasteiger partial charge is 0.504 e. The lowest BCUT2D eigenvalue weighted by Crippen LogP contribution is -2.05. The minimum absolute atomic E-state index is 0.0305. The van der Waals surface area contributed by atoms with Gasteiger partial charge in [0.2, 0.25) is 0 Å². The van der Waals surface area contributed by atoms with Crippen molar-refractivity contribution in [3.05, 3.63) is 46.6 Å². The van der Waals surface area contributed by atoms with Crippen LogP contribution in [-0.4, -0.2) is 24.3 Å². The number of phenols is 1. The zero-order valence-corrected chi connectivity index (χ0v) is 13.5. The van der Waals surface area contributed by atoms with Crippen molar-refractivity contribution in [2.45, 2.75) is 33.6 Å². The maximum Gasteiger partial charge on any atom is 0.190 e. The number of benzene rings is 1. The van der Waals surface area contributed by atoms with Gasteiger partial charge in [0.1, 0.15) is 0 Å². The number of methoxy groups -OCH3 is 1. The van der Waals surface area contributed by atoms with Crippen LogP contribution in [0.5, 0.6) is 11.5 Å². The van der Waals surface area contributed by atoms with Crippen LogP contribution in [0, 0.1) is 0 Å². The molecule has 0 saturated heterocycles. The van der Waals surface area contributed by atoms with E-state index >= 15 is 0 Å². The third-order valence-electron chi connectivity index (χ3n) is 3.22. The number of ether oxygens (including phenoxy) is 1. The highest BCUT2D eigenvalue weighted by Gasteiger charge is 2.19. The Bertz CT molecular complexity index is 620. The molecule has 0 aliphatic heterocycles. The zero-order chi connectivity index (χ0) is 16.7. The summed E-state index contributed by atoms with van der Waals surface area (Å²) in [5.41, 5.74) is 2.44. The third kappa shape index (κ3) is 4.58. The molecule has 0 bridgehead atoms. The van der Waals surface area contributed by atoms with E-state index in [4.69, 9.17) is 4.74 Å². The predicted molar refractivity (Wildman–Crippen MR) is 86.8 cm³/mol. The van der Waals surface area contributed by atoms with Crippen molar-refractivity contribution in [1.29, 1.82) is 0 Å². The van der Waals surface area contributed by atoms with Crippen LogP contribution in [0.2, 0.25) is 0 Å². The van der Waals surface area contributed by atoms with E-state index in [9.17, 15) is 14.7 Å². The lowest BCUT2D eigenvalue weighted by atomic mass is 9.99. The van der Waals surface area contributed by atoms with Crippen LogP contribution >= 0.6 is 0 Å². The molecule has 22 heavy (non-hydrogen) atoms. The number of ketones is 1. The summed E-state index contributed by atoms with van der Waals surface area (Å²) in [6.07, 6.45) is 5.79. The molecule has 4 heteroatoms. The fourth-order valence-corrected chi connectivity index (χ4v) is 2.10. The first-order valence-electron chi connectivity index (χ1n) is 7.10. The Morgan fingerprint density at radius 1 is 1.27 bits per heavy atom. The van der Waals surface area contributed by atoms with Crippen molar-refractivity contribution in [2.24, 2.45) is 0 Å². The van der Waals surface area contributed by atoms with Gasteiger partial charge in [-0.2, -0.15) is 0 Å². The predicted octanol–water partition coefficient (Wildman–Crippen LogP) is 4.09. The van der Waals surface area contributed by atoms with Crippen molar-refractivity contribution < 1.29 is 19.4 Å². The second kappa shape index (κ2) is 8.17. The van der Waals surface area contributed by atoms with Gasteiger partial charge in [-0.3, -0.25) is 9.59 Å². The number of phenolic OH excluding ortho intramolecular Hbond substituents is 1. The van der Waals surface area contributed by atoms with Gasteiger partial charge in [0.15, 0.2) is 23.6 Å². The highest BCUT2D eigenvalue weighted by atomic mass is 16.5. The van der Waals surface area contributed by atoms with Crippen LogP contribution in [-0.2, 0) is 0 Å². The Balaban J connectivity index is 3.09. The molecule has 1 N–H and O–H groups in total. The minimum Gasteiger partial charge on any atom is -0.504 e. The molecular weight excluding hydrogens is 280 g/mol. The summed E-state index contributed by atoms with van der Waals surface area (Å²) >= 11 is 0. The Hall–Kier alpha value is -2.36. The highest BCUT2D eigenvalue weighted by molar-refractivity contribution is 6.12. The number of hydrogen-bond donors (Lipinski definition) is 1. The number of aldehydes is 1. The van der Waals surface area contributed by atoms with Crippen LogP contribution in [0.15, 0.2) is 35.4 Å². The number of carbonyl (C=O) groups is 2. The average Bonchev–Trinajstić information content (AvgIpc) is 2.46. The van der Waals surface area contributed by atoms with Crippen molar-refractivity contribution in [1.82, 2.24) is 0 Å². The normalized spacial score (nSPS) is 11.0. The first-order valence-corrected chi connectivity index (χ1v) is 7.10. The molecule has 0 amide bonds. The summed E-state index contributed by atoms with van der Waals surface area (Å²) < 4.78 is 5.07. The molecule has 0 fully saturated rings. The number of allylic oxidation sites excluding steroid dienone is 4. The molecule has 1 aromatic rings. The van der Waals surface area contributed by atoms with E-state index in [1.54, 1.807) is 0 Å². The first kappa shape index (κ1) is 17.7. The van der Waals surface area contributed by atoms with Gasteiger partial charge in [0, 0.05) is 5.56 Å². The second-order valence-corrected chi connectivity index (χ2v) is 5.38. The molecule has 1 rings (SSSR count). The molecule has 0 unspecified atom stereocenters. The summed E-state index contributed by atoms with van der Waals surface area (Å²) in [7, 11) is 1.35. The van der Waals surface area contributed by atoms with Crippen LogP contribution in [0.1, 0.15) is 54.3 Å². The lowest BCUT2D eigenvalue weighted by Gasteiger charge is -2.10. The van der Waals surface area contributed by atoms with E-state index < -0.39 is 0 Å². The number of rotatable bonds is 7. The number of aromatic hydroxyl groups is 1. The summed E-state index contributed by atoms with van der Waals surface area (Å²) in [5, 5.41) is 9.78. The van der Waals surface area contributed by atoms with E-state index in [2.05, 4.69) is 6.08 Å². The molecule has 118 valence electrons. The van der Waals surface area contributed by atoms with Gasteiger partial charge in [-0.15, -0.1) is 0 Å². The molecule has 0 saturated carbocycles. The van der Waals surface area contributed by atoms with E-state index in [0.29, 0.717) is 6.29 Å². The molecule has 0 radical (unpaired) electrons.